The summed E-state index contributed by atoms with van der Waals surface area (Å²) in [4.78, 5) is 0. The molecule has 1 rings (SSSR count). The minimum absolute atomic E-state index is 0.244. The van der Waals surface area contributed by atoms with Crippen molar-refractivity contribution in [2.75, 3.05) is 6.61 Å². The van der Waals surface area contributed by atoms with E-state index in [0.717, 1.165) is 12.5 Å². The quantitative estimate of drug-likeness (QED) is 0.610. The van der Waals surface area contributed by atoms with Crippen LogP contribution in [-0.2, 0) is 4.74 Å². The maximum Gasteiger partial charge on any atom is 0.0679 e. The molecule has 1 heterocycles. The Hall–Kier alpha value is -0.0400. The third-order valence-electron chi connectivity index (χ3n) is 3.35. The van der Waals surface area contributed by atoms with Gasteiger partial charge in [-0.1, -0.05) is 39.5 Å². The van der Waals surface area contributed by atoms with Gasteiger partial charge in [-0.05, 0) is 25.7 Å². The molecule has 0 bridgehead atoms. The first-order valence-corrected chi connectivity index (χ1v) is 5.84. The van der Waals surface area contributed by atoms with Crippen LogP contribution in [0.2, 0.25) is 0 Å². The van der Waals surface area contributed by atoms with Crippen molar-refractivity contribution in [3.8, 4) is 0 Å². The average Bonchev–Trinajstić information content (AvgIpc) is 2.09. The molecule has 2 unspecified atom stereocenters. The zero-order valence-electron chi connectivity index (χ0n) is 9.44. The predicted molar refractivity (Wildman–Crippen MR) is 56.9 cm³/mol. The molecular weight excluding hydrogens is 160 g/mol. The topological polar surface area (TPSA) is 9.23 Å². The predicted octanol–water partition coefficient (Wildman–Crippen LogP) is 3.77. The molecule has 2 atom stereocenters. The van der Waals surface area contributed by atoms with E-state index in [2.05, 4.69) is 20.8 Å². The third-order valence-corrected chi connectivity index (χ3v) is 3.35. The van der Waals surface area contributed by atoms with Gasteiger partial charge < -0.3 is 4.74 Å². The summed E-state index contributed by atoms with van der Waals surface area (Å²) in [6.07, 6.45) is 7.98. The van der Waals surface area contributed by atoms with Gasteiger partial charge in [0.25, 0.3) is 0 Å². The summed E-state index contributed by atoms with van der Waals surface area (Å²) in [7, 11) is 0. The van der Waals surface area contributed by atoms with Crippen molar-refractivity contribution >= 4 is 0 Å². The van der Waals surface area contributed by atoms with Crippen LogP contribution in [0.25, 0.3) is 0 Å². The molecule has 0 aromatic heterocycles. The first kappa shape index (κ1) is 11.0. The van der Waals surface area contributed by atoms with Crippen LogP contribution >= 0.6 is 0 Å². The van der Waals surface area contributed by atoms with E-state index in [1.165, 1.54) is 38.5 Å². The second-order valence-corrected chi connectivity index (χ2v) is 4.67. The molecule has 1 fully saturated rings. The lowest BCUT2D eigenvalue weighted by Crippen LogP contribution is -2.42. The molecule has 0 spiro atoms. The summed E-state index contributed by atoms with van der Waals surface area (Å²) in [5, 5.41) is 0. The van der Waals surface area contributed by atoms with Crippen molar-refractivity contribution in [2.45, 2.75) is 64.9 Å². The van der Waals surface area contributed by atoms with Crippen LogP contribution in [0.15, 0.2) is 0 Å². The highest BCUT2D eigenvalue weighted by atomic mass is 16.5. The lowest BCUT2D eigenvalue weighted by atomic mass is 9.83. The summed E-state index contributed by atoms with van der Waals surface area (Å²) >= 11 is 0. The standard InChI is InChI=1S/C12H24O/c1-4-6-7-11(5-2)10-12(3)8-9-13-12/h11H,4-10H2,1-3H3. The second kappa shape index (κ2) is 4.99. The van der Waals surface area contributed by atoms with E-state index >= 15 is 0 Å². The highest BCUT2D eigenvalue weighted by molar-refractivity contribution is 4.84. The number of hydrogen-bond donors (Lipinski definition) is 0. The van der Waals surface area contributed by atoms with Crippen LogP contribution in [-0.4, -0.2) is 12.2 Å². The van der Waals surface area contributed by atoms with Crippen molar-refractivity contribution < 1.29 is 4.74 Å². The summed E-state index contributed by atoms with van der Waals surface area (Å²) in [5.74, 6) is 0.894. The van der Waals surface area contributed by atoms with Gasteiger partial charge in [0.2, 0.25) is 0 Å². The van der Waals surface area contributed by atoms with Crippen molar-refractivity contribution in [1.82, 2.24) is 0 Å². The Balaban J connectivity index is 2.22. The van der Waals surface area contributed by atoms with Crippen molar-refractivity contribution in [2.24, 2.45) is 5.92 Å². The van der Waals surface area contributed by atoms with Crippen LogP contribution in [0.4, 0.5) is 0 Å². The van der Waals surface area contributed by atoms with E-state index in [4.69, 9.17) is 4.74 Å². The normalized spacial score (nSPS) is 29.8. The van der Waals surface area contributed by atoms with Gasteiger partial charge in [-0.15, -0.1) is 0 Å². The first-order chi connectivity index (χ1) is 6.20. The van der Waals surface area contributed by atoms with Crippen LogP contribution in [0, 0.1) is 5.92 Å². The SMILES string of the molecule is CCCCC(CC)CC1(C)CCO1. The van der Waals surface area contributed by atoms with E-state index < -0.39 is 0 Å². The molecular formula is C12H24O. The maximum absolute atomic E-state index is 5.63. The molecule has 0 N–H and O–H groups in total. The maximum atomic E-state index is 5.63. The molecule has 1 aliphatic heterocycles. The van der Waals surface area contributed by atoms with Crippen LogP contribution in [0.5, 0.6) is 0 Å². The smallest absolute Gasteiger partial charge is 0.0679 e. The summed E-state index contributed by atoms with van der Waals surface area (Å²) < 4.78 is 5.63. The zero-order chi connectivity index (χ0) is 9.73. The fourth-order valence-electron chi connectivity index (χ4n) is 2.17. The second-order valence-electron chi connectivity index (χ2n) is 4.67. The Labute approximate surface area is 82.9 Å². The third kappa shape index (κ3) is 3.30. The number of unbranched alkanes of at least 4 members (excludes halogenated alkanes) is 1. The molecule has 13 heavy (non-hydrogen) atoms. The van der Waals surface area contributed by atoms with Gasteiger partial charge in [-0.3, -0.25) is 0 Å². The zero-order valence-corrected chi connectivity index (χ0v) is 9.44. The summed E-state index contributed by atoms with van der Waals surface area (Å²) in [6, 6.07) is 0. The molecule has 0 radical (unpaired) electrons. The van der Waals surface area contributed by atoms with Gasteiger partial charge in [0.15, 0.2) is 0 Å². The summed E-state index contributed by atoms with van der Waals surface area (Å²) in [5.41, 5.74) is 0.244. The van der Waals surface area contributed by atoms with Gasteiger partial charge in [0, 0.05) is 0 Å². The molecule has 0 aromatic carbocycles. The van der Waals surface area contributed by atoms with Crippen molar-refractivity contribution in [3.05, 3.63) is 0 Å². The van der Waals surface area contributed by atoms with Gasteiger partial charge in [0.1, 0.15) is 0 Å². The van der Waals surface area contributed by atoms with Gasteiger partial charge >= 0.3 is 0 Å². The lowest BCUT2D eigenvalue weighted by Gasteiger charge is -2.41. The Morgan fingerprint density at radius 2 is 2.08 bits per heavy atom. The van der Waals surface area contributed by atoms with E-state index in [0.29, 0.717) is 0 Å². The number of ether oxygens (including phenoxy) is 1. The monoisotopic (exact) mass is 184 g/mol. The Bertz CT molecular complexity index is 138. The molecule has 1 heteroatoms. The van der Waals surface area contributed by atoms with Gasteiger partial charge in [-0.2, -0.15) is 0 Å². The van der Waals surface area contributed by atoms with E-state index in [-0.39, 0.29) is 5.60 Å². The molecule has 0 aliphatic carbocycles. The fraction of sp³-hybridized carbons (Fsp3) is 1.00. The minimum Gasteiger partial charge on any atom is -0.375 e. The first-order valence-electron chi connectivity index (χ1n) is 5.84. The molecule has 1 aliphatic rings. The molecule has 1 nitrogen and oxygen atoms in total. The van der Waals surface area contributed by atoms with Gasteiger partial charge in [0.05, 0.1) is 12.2 Å². The minimum atomic E-state index is 0.244. The van der Waals surface area contributed by atoms with Crippen molar-refractivity contribution in [3.63, 3.8) is 0 Å². The highest BCUT2D eigenvalue weighted by Gasteiger charge is 2.34. The lowest BCUT2D eigenvalue weighted by molar-refractivity contribution is -0.146. The van der Waals surface area contributed by atoms with E-state index in [1.54, 1.807) is 0 Å². The summed E-state index contributed by atoms with van der Waals surface area (Å²) in [6.45, 7) is 7.84. The van der Waals surface area contributed by atoms with Gasteiger partial charge in [-0.25, -0.2) is 0 Å². The van der Waals surface area contributed by atoms with Crippen LogP contribution in [0.1, 0.15) is 59.3 Å². The molecule has 78 valence electrons. The molecule has 0 aromatic rings. The Morgan fingerprint density at radius 1 is 1.38 bits per heavy atom. The Morgan fingerprint density at radius 3 is 2.46 bits per heavy atom. The molecule has 0 saturated carbocycles. The largest absolute Gasteiger partial charge is 0.375 e. The van der Waals surface area contributed by atoms with Crippen LogP contribution < -0.4 is 0 Å². The van der Waals surface area contributed by atoms with E-state index in [1.807, 2.05) is 0 Å². The average molecular weight is 184 g/mol. The molecule has 1 saturated heterocycles. The fourth-order valence-corrected chi connectivity index (χ4v) is 2.17. The highest BCUT2D eigenvalue weighted by Crippen LogP contribution is 2.35. The van der Waals surface area contributed by atoms with E-state index in [9.17, 15) is 0 Å². The Kier molecular flexibility index (Phi) is 4.24. The van der Waals surface area contributed by atoms with Crippen molar-refractivity contribution in [1.29, 1.82) is 0 Å². The van der Waals surface area contributed by atoms with Crippen LogP contribution in [0.3, 0.4) is 0 Å². The number of rotatable bonds is 6. The number of hydrogen-bond acceptors (Lipinski definition) is 1. The molecule has 0 amide bonds.